The number of halogens is 1. The summed E-state index contributed by atoms with van der Waals surface area (Å²) in [4.78, 5) is 6.80. The summed E-state index contributed by atoms with van der Waals surface area (Å²) in [7, 11) is 0. The standard InChI is InChI=1S/C14H17ClN2O/c1-2-10-7-11-12(8-10)16-14(15)9-13(11)17-3-5-18-6-4-17/h8-9H,2-7H2,1H3. The Hall–Kier alpha value is -1.06. The lowest BCUT2D eigenvalue weighted by Gasteiger charge is -2.30. The summed E-state index contributed by atoms with van der Waals surface area (Å²) in [5, 5.41) is 0.587. The summed E-state index contributed by atoms with van der Waals surface area (Å²) < 4.78 is 5.41. The molecule has 3 rings (SSSR count). The van der Waals surface area contributed by atoms with Crippen LogP contribution in [0.2, 0.25) is 5.15 Å². The van der Waals surface area contributed by atoms with Gasteiger partial charge in [-0.25, -0.2) is 4.98 Å². The van der Waals surface area contributed by atoms with Gasteiger partial charge in [0.15, 0.2) is 0 Å². The van der Waals surface area contributed by atoms with Crippen LogP contribution in [0, 0.1) is 0 Å². The molecule has 2 heterocycles. The van der Waals surface area contributed by atoms with Gasteiger partial charge in [0.2, 0.25) is 0 Å². The number of hydrogen-bond acceptors (Lipinski definition) is 3. The number of morpholine rings is 1. The van der Waals surface area contributed by atoms with Crippen molar-refractivity contribution in [2.24, 2.45) is 0 Å². The summed E-state index contributed by atoms with van der Waals surface area (Å²) in [5.74, 6) is 0. The third-order valence-electron chi connectivity index (χ3n) is 3.65. The Labute approximate surface area is 112 Å². The quantitative estimate of drug-likeness (QED) is 0.768. The summed E-state index contributed by atoms with van der Waals surface area (Å²) >= 11 is 6.14. The number of allylic oxidation sites excluding steroid dienone is 1. The van der Waals surface area contributed by atoms with E-state index in [0.717, 1.165) is 44.8 Å². The Bertz CT molecular complexity index is 493. The van der Waals surface area contributed by atoms with Crippen molar-refractivity contribution in [3.63, 3.8) is 0 Å². The Morgan fingerprint density at radius 2 is 2.17 bits per heavy atom. The highest BCUT2D eigenvalue weighted by Gasteiger charge is 2.22. The van der Waals surface area contributed by atoms with Crippen molar-refractivity contribution in [2.45, 2.75) is 19.8 Å². The van der Waals surface area contributed by atoms with Gasteiger partial charge in [0, 0.05) is 24.3 Å². The van der Waals surface area contributed by atoms with Gasteiger partial charge in [0.1, 0.15) is 5.15 Å². The smallest absolute Gasteiger partial charge is 0.131 e. The Morgan fingerprint density at radius 1 is 1.39 bits per heavy atom. The van der Waals surface area contributed by atoms with Gasteiger partial charge in [0.25, 0.3) is 0 Å². The molecule has 0 aromatic carbocycles. The predicted octanol–water partition coefficient (Wildman–Crippen LogP) is 2.92. The topological polar surface area (TPSA) is 25.4 Å². The maximum Gasteiger partial charge on any atom is 0.131 e. The first-order chi connectivity index (χ1) is 8.78. The fraction of sp³-hybridized carbons (Fsp3) is 0.500. The van der Waals surface area contributed by atoms with Crippen LogP contribution in [-0.2, 0) is 11.2 Å². The molecule has 96 valence electrons. The van der Waals surface area contributed by atoms with E-state index in [2.05, 4.69) is 22.9 Å². The van der Waals surface area contributed by atoms with Gasteiger partial charge in [-0.05, 0) is 25.0 Å². The first kappa shape index (κ1) is 12.0. The maximum atomic E-state index is 6.14. The lowest BCUT2D eigenvalue weighted by molar-refractivity contribution is 0.122. The molecule has 1 aliphatic carbocycles. The predicted molar refractivity (Wildman–Crippen MR) is 74.3 cm³/mol. The molecule has 0 amide bonds. The Morgan fingerprint density at radius 3 is 2.89 bits per heavy atom. The minimum atomic E-state index is 0.587. The van der Waals surface area contributed by atoms with Gasteiger partial charge >= 0.3 is 0 Å². The summed E-state index contributed by atoms with van der Waals surface area (Å²) in [5.41, 5.74) is 5.07. The molecule has 0 saturated carbocycles. The monoisotopic (exact) mass is 264 g/mol. The van der Waals surface area contributed by atoms with E-state index in [1.165, 1.54) is 16.8 Å². The highest BCUT2D eigenvalue weighted by Crippen LogP contribution is 2.35. The number of nitrogens with zero attached hydrogens (tertiary/aromatic N) is 2. The molecule has 2 aliphatic rings. The molecule has 3 nitrogen and oxygen atoms in total. The molecule has 0 N–H and O–H groups in total. The highest BCUT2D eigenvalue weighted by molar-refractivity contribution is 6.29. The molecule has 0 unspecified atom stereocenters. The number of hydrogen-bond donors (Lipinski definition) is 0. The van der Waals surface area contributed by atoms with E-state index in [0.29, 0.717) is 5.15 Å². The van der Waals surface area contributed by atoms with Crippen molar-refractivity contribution in [2.75, 3.05) is 31.2 Å². The fourth-order valence-electron chi connectivity index (χ4n) is 2.63. The number of ether oxygens (including phenoxy) is 1. The zero-order valence-corrected chi connectivity index (χ0v) is 11.3. The number of rotatable bonds is 2. The van der Waals surface area contributed by atoms with Crippen LogP contribution < -0.4 is 4.90 Å². The average Bonchev–Trinajstić information content (AvgIpc) is 2.81. The van der Waals surface area contributed by atoms with Gasteiger partial charge in [-0.2, -0.15) is 0 Å². The Kier molecular flexibility index (Phi) is 3.27. The van der Waals surface area contributed by atoms with Crippen LogP contribution in [0.5, 0.6) is 0 Å². The minimum absolute atomic E-state index is 0.587. The second-order valence-corrected chi connectivity index (χ2v) is 5.15. The van der Waals surface area contributed by atoms with E-state index >= 15 is 0 Å². The lowest BCUT2D eigenvalue weighted by Crippen LogP contribution is -2.36. The van der Waals surface area contributed by atoms with Gasteiger partial charge in [-0.3, -0.25) is 0 Å². The van der Waals surface area contributed by atoms with Crippen LogP contribution in [0.15, 0.2) is 11.6 Å². The van der Waals surface area contributed by atoms with E-state index < -0.39 is 0 Å². The number of fused-ring (bicyclic) bond motifs is 1. The lowest BCUT2D eigenvalue weighted by atomic mass is 10.1. The molecule has 1 fully saturated rings. The van der Waals surface area contributed by atoms with Crippen LogP contribution in [0.1, 0.15) is 24.6 Å². The molecule has 1 aromatic heterocycles. The van der Waals surface area contributed by atoms with E-state index in [4.69, 9.17) is 16.3 Å². The van der Waals surface area contributed by atoms with Crippen LogP contribution in [0.4, 0.5) is 5.69 Å². The number of pyridine rings is 1. The van der Waals surface area contributed by atoms with Crippen molar-refractivity contribution < 1.29 is 4.74 Å². The Balaban J connectivity index is 1.97. The summed E-state index contributed by atoms with van der Waals surface area (Å²) in [6, 6.07) is 2.00. The summed E-state index contributed by atoms with van der Waals surface area (Å²) in [6.07, 6.45) is 4.28. The first-order valence-corrected chi connectivity index (χ1v) is 6.87. The second kappa shape index (κ2) is 4.90. The van der Waals surface area contributed by atoms with E-state index in [1.54, 1.807) is 0 Å². The van der Waals surface area contributed by atoms with Gasteiger partial charge < -0.3 is 9.64 Å². The summed E-state index contributed by atoms with van der Waals surface area (Å²) in [6.45, 7) is 5.65. The molecular weight excluding hydrogens is 248 g/mol. The largest absolute Gasteiger partial charge is 0.378 e. The first-order valence-electron chi connectivity index (χ1n) is 6.49. The van der Waals surface area contributed by atoms with Crippen molar-refractivity contribution in [1.29, 1.82) is 0 Å². The van der Waals surface area contributed by atoms with Gasteiger partial charge in [0.05, 0.1) is 18.9 Å². The molecule has 0 atom stereocenters. The normalized spacial score (nSPS) is 18.8. The van der Waals surface area contributed by atoms with E-state index in [-0.39, 0.29) is 0 Å². The van der Waals surface area contributed by atoms with Crippen molar-refractivity contribution in [3.05, 3.63) is 28.0 Å². The SMILES string of the molecule is CCC1=Cc2nc(Cl)cc(N3CCOCC3)c2C1. The average molecular weight is 265 g/mol. The van der Waals surface area contributed by atoms with Crippen LogP contribution in [0.25, 0.3) is 6.08 Å². The third-order valence-corrected chi connectivity index (χ3v) is 3.85. The van der Waals surface area contributed by atoms with Crippen molar-refractivity contribution in [3.8, 4) is 0 Å². The highest BCUT2D eigenvalue weighted by atomic mass is 35.5. The molecule has 0 bridgehead atoms. The minimum Gasteiger partial charge on any atom is -0.378 e. The zero-order valence-electron chi connectivity index (χ0n) is 10.6. The fourth-order valence-corrected chi connectivity index (χ4v) is 2.83. The molecular formula is C14H17ClN2O. The van der Waals surface area contributed by atoms with Crippen LogP contribution in [-0.4, -0.2) is 31.3 Å². The molecule has 1 saturated heterocycles. The van der Waals surface area contributed by atoms with E-state index in [9.17, 15) is 0 Å². The molecule has 4 heteroatoms. The molecule has 0 radical (unpaired) electrons. The van der Waals surface area contributed by atoms with Gasteiger partial charge in [-0.15, -0.1) is 0 Å². The molecule has 1 aromatic rings. The van der Waals surface area contributed by atoms with Crippen LogP contribution in [0.3, 0.4) is 0 Å². The number of anilines is 1. The number of aromatic nitrogens is 1. The van der Waals surface area contributed by atoms with Crippen molar-refractivity contribution in [1.82, 2.24) is 4.98 Å². The molecule has 1 aliphatic heterocycles. The second-order valence-electron chi connectivity index (χ2n) is 4.76. The molecule has 0 spiro atoms. The van der Waals surface area contributed by atoms with E-state index in [1.807, 2.05) is 6.07 Å². The maximum absolute atomic E-state index is 6.14. The zero-order chi connectivity index (χ0) is 12.5. The van der Waals surface area contributed by atoms with Gasteiger partial charge in [-0.1, -0.05) is 24.1 Å². The van der Waals surface area contributed by atoms with Crippen molar-refractivity contribution >= 4 is 23.4 Å². The third kappa shape index (κ3) is 2.13. The molecule has 18 heavy (non-hydrogen) atoms. The van der Waals surface area contributed by atoms with Crippen LogP contribution >= 0.6 is 11.6 Å².